The van der Waals surface area contributed by atoms with Gasteiger partial charge in [0.15, 0.2) is 6.29 Å². The lowest BCUT2D eigenvalue weighted by Gasteiger charge is -2.45. The fourth-order valence-corrected chi connectivity index (χ4v) is 3.93. The number of hydrogen-bond donors (Lipinski definition) is 3. The molecular formula is C17H27N3O6. The van der Waals surface area contributed by atoms with Crippen molar-refractivity contribution >= 4 is 12.0 Å². The van der Waals surface area contributed by atoms with Crippen LogP contribution in [0.2, 0.25) is 0 Å². The lowest BCUT2D eigenvalue weighted by Crippen LogP contribution is -2.66. The normalized spacial score (nSPS) is 34.9. The van der Waals surface area contributed by atoms with Crippen molar-refractivity contribution in [3.63, 3.8) is 0 Å². The minimum absolute atomic E-state index is 0.117. The van der Waals surface area contributed by atoms with Gasteiger partial charge < -0.3 is 30.0 Å². The van der Waals surface area contributed by atoms with E-state index in [0.717, 1.165) is 0 Å². The van der Waals surface area contributed by atoms with Crippen LogP contribution in [-0.2, 0) is 19.0 Å². The quantitative estimate of drug-likeness (QED) is 0.430. The summed E-state index contributed by atoms with van der Waals surface area (Å²) >= 11 is 0. The van der Waals surface area contributed by atoms with Gasteiger partial charge in [-0.2, -0.15) is 0 Å². The molecule has 0 aromatic rings. The molecule has 3 N–H and O–H groups in total. The lowest BCUT2D eigenvalue weighted by atomic mass is 9.91. The minimum Gasteiger partial charge on any atom is -0.469 e. The number of nitrogens with zero attached hydrogens (tertiary/aromatic N) is 1. The number of aliphatic hydroxyl groups is 1. The number of carbonyl (C=O) groups is 2. The van der Waals surface area contributed by atoms with Gasteiger partial charge in [-0.25, -0.2) is 4.79 Å². The van der Waals surface area contributed by atoms with Crippen LogP contribution < -0.4 is 10.6 Å². The Morgan fingerprint density at radius 2 is 2.12 bits per heavy atom. The highest BCUT2D eigenvalue weighted by molar-refractivity contribution is 5.74. The minimum atomic E-state index is -0.828. The van der Waals surface area contributed by atoms with Gasteiger partial charge in [0.1, 0.15) is 6.10 Å². The molecule has 146 valence electrons. The molecule has 3 saturated heterocycles. The molecule has 3 heterocycles. The Labute approximate surface area is 152 Å². The zero-order chi connectivity index (χ0) is 18.7. The molecule has 0 saturated carbocycles. The maximum absolute atomic E-state index is 12.0. The third-order valence-electron chi connectivity index (χ3n) is 5.32. The molecule has 0 aromatic carbocycles. The zero-order valence-corrected chi connectivity index (χ0v) is 14.9. The second-order valence-corrected chi connectivity index (χ2v) is 6.86. The number of methoxy groups -OCH3 is 1. The molecule has 3 rings (SSSR count). The van der Waals surface area contributed by atoms with Crippen molar-refractivity contribution in [1.29, 1.82) is 0 Å². The van der Waals surface area contributed by atoms with E-state index in [2.05, 4.69) is 22.1 Å². The van der Waals surface area contributed by atoms with Gasteiger partial charge in [-0.15, -0.1) is 6.58 Å². The number of aliphatic hydroxyl groups excluding tert-OH is 1. The Kier molecular flexibility index (Phi) is 6.13. The van der Waals surface area contributed by atoms with E-state index in [1.807, 2.05) is 0 Å². The SMILES string of the molecule is C=CCNC(=O)N[C@H]1[C@H](O)[C@@H](N2CCC(C(=O)OC)CC2)[C@@H]2OC[C@H]1O2. The highest BCUT2D eigenvalue weighted by atomic mass is 16.7. The molecule has 2 bridgehead atoms. The zero-order valence-electron chi connectivity index (χ0n) is 14.9. The monoisotopic (exact) mass is 369 g/mol. The van der Waals surface area contributed by atoms with Crippen LogP contribution in [0.25, 0.3) is 0 Å². The van der Waals surface area contributed by atoms with E-state index in [1.54, 1.807) is 6.08 Å². The third-order valence-corrected chi connectivity index (χ3v) is 5.32. The summed E-state index contributed by atoms with van der Waals surface area (Å²) in [5.74, 6) is -0.311. The van der Waals surface area contributed by atoms with Gasteiger partial charge >= 0.3 is 12.0 Å². The second kappa shape index (κ2) is 8.34. The lowest BCUT2D eigenvalue weighted by molar-refractivity contribution is -0.185. The second-order valence-electron chi connectivity index (χ2n) is 6.86. The van der Waals surface area contributed by atoms with Gasteiger partial charge in [-0.05, 0) is 25.9 Å². The molecule has 0 aliphatic carbocycles. The molecule has 3 aliphatic heterocycles. The summed E-state index contributed by atoms with van der Waals surface area (Å²) in [7, 11) is 1.40. The number of carbonyl (C=O) groups excluding carboxylic acids is 2. The molecule has 0 radical (unpaired) electrons. The van der Waals surface area contributed by atoms with E-state index in [0.29, 0.717) is 39.1 Å². The number of piperidine rings is 1. The number of fused-ring (bicyclic) bond motifs is 2. The highest BCUT2D eigenvalue weighted by Gasteiger charge is 2.53. The standard InChI is InChI=1S/C17H27N3O6/c1-3-6-18-17(23)19-12-11-9-25-16(26-11)13(14(12)21)20-7-4-10(5-8-20)15(22)24-2/h3,10-14,16,21H,1,4-9H2,2H3,(H2,18,19,23)/t11-,12-,13-,14+,16-/m1/s1. The Balaban J connectivity index is 1.63. The first kappa shape index (κ1) is 19.1. The van der Waals surface area contributed by atoms with Gasteiger partial charge in [-0.3, -0.25) is 9.69 Å². The Morgan fingerprint density at radius 3 is 2.77 bits per heavy atom. The van der Waals surface area contributed by atoms with Crippen molar-refractivity contribution in [2.45, 2.75) is 43.4 Å². The largest absolute Gasteiger partial charge is 0.469 e. The van der Waals surface area contributed by atoms with Gasteiger partial charge in [0.05, 0.1) is 37.8 Å². The van der Waals surface area contributed by atoms with Crippen LogP contribution in [0.3, 0.4) is 0 Å². The molecule has 9 nitrogen and oxygen atoms in total. The summed E-state index contributed by atoms with van der Waals surface area (Å²) < 4.78 is 16.4. The molecule has 26 heavy (non-hydrogen) atoms. The summed E-state index contributed by atoms with van der Waals surface area (Å²) in [5.41, 5.74) is 0. The maximum atomic E-state index is 12.0. The predicted molar refractivity (Wildman–Crippen MR) is 91.2 cm³/mol. The van der Waals surface area contributed by atoms with Gasteiger partial charge in [0.2, 0.25) is 0 Å². The summed E-state index contributed by atoms with van der Waals surface area (Å²) in [6.07, 6.45) is 1.15. The van der Waals surface area contributed by atoms with Crippen LogP contribution >= 0.6 is 0 Å². The van der Waals surface area contributed by atoms with Crippen LogP contribution in [-0.4, -0.2) is 85.9 Å². The van der Waals surface area contributed by atoms with E-state index in [9.17, 15) is 14.7 Å². The molecule has 2 amide bonds. The van der Waals surface area contributed by atoms with E-state index in [1.165, 1.54) is 7.11 Å². The van der Waals surface area contributed by atoms with E-state index < -0.39 is 24.5 Å². The summed E-state index contributed by atoms with van der Waals surface area (Å²) in [6.45, 7) is 5.47. The number of hydrogen-bond acceptors (Lipinski definition) is 7. The number of urea groups is 1. The smallest absolute Gasteiger partial charge is 0.315 e. The van der Waals surface area contributed by atoms with Crippen LogP contribution in [0.1, 0.15) is 12.8 Å². The van der Waals surface area contributed by atoms with Crippen molar-refractivity contribution in [3.8, 4) is 0 Å². The molecule has 9 heteroatoms. The summed E-state index contributed by atoms with van der Waals surface area (Å²) in [5, 5.41) is 16.3. The van der Waals surface area contributed by atoms with Crippen LogP contribution in [0.15, 0.2) is 12.7 Å². The van der Waals surface area contributed by atoms with Crippen LogP contribution in [0.4, 0.5) is 4.79 Å². The number of likely N-dealkylation sites (tertiary alicyclic amines) is 1. The molecule has 5 atom stereocenters. The average molecular weight is 369 g/mol. The van der Waals surface area contributed by atoms with Crippen LogP contribution in [0.5, 0.6) is 0 Å². The van der Waals surface area contributed by atoms with Crippen molar-refractivity contribution in [2.24, 2.45) is 5.92 Å². The number of rotatable bonds is 5. The fourth-order valence-electron chi connectivity index (χ4n) is 3.93. The van der Waals surface area contributed by atoms with Crippen molar-refractivity contribution < 1.29 is 28.9 Å². The predicted octanol–water partition coefficient (Wildman–Crippen LogP) is -0.790. The molecule has 0 unspecified atom stereocenters. The first-order valence-corrected chi connectivity index (χ1v) is 8.97. The molecule has 0 aromatic heterocycles. The molecule has 3 aliphatic rings. The molecular weight excluding hydrogens is 342 g/mol. The Morgan fingerprint density at radius 1 is 1.38 bits per heavy atom. The number of amides is 2. The van der Waals surface area contributed by atoms with E-state index in [-0.39, 0.29) is 24.0 Å². The number of ether oxygens (including phenoxy) is 3. The van der Waals surface area contributed by atoms with Crippen molar-refractivity contribution in [2.75, 3.05) is 33.4 Å². The number of esters is 1. The third kappa shape index (κ3) is 3.85. The molecule has 3 fully saturated rings. The first-order valence-electron chi connectivity index (χ1n) is 8.97. The van der Waals surface area contributed by atoms with E-state index in [4.69, 9.17) is 14.2 Å². The van der Waals surface area contributed by atoms with Gasteiger partial charge in [-0.1, -0.05) is 6.08 Å². The van der Waals surface area contributed by atoms with Gasteiger partial charge in [0.25, 0.3) is 0 Å². The summed E-state index contributed by atoms with van der Waals surface area (Å²) in [6, 6.07) is -1.34. The highest BCUT2D eigenvalue weighted by Crippen LogP contribution is 2.33. The van der Waals surface area contributed by atoms with Crippen molar-refractivity contribution in [3.05, 3.63) is 12.7 Å². The van der Waals surface area contributed by atoms with Gasteiger partial charge in [0, 0.05) is 6.54 Å². The van der Waals surface area contributed by atoms with Crippen molar-refractivity contribution in [1.82, 2.24) is 15.5 Å². The topological polar surface area (TPSA) is 109 Å². The summed E-state index contributed by atoms with van der Waals surface area (Å²) in [4.78, 5) is 25.8. The molecule has 0 spiro atoms. The fraction of sp³-hybridized carbons (Fsp3) is 0.765. The first-order chi connectivity index (χ1) is 12.5. The number of nitrogens with one attached hydrogen (secondary N) is 2. The van der Waals surface area contributed by atoms with E-state index >= 15 is 0 Å². The average Bonchev–Trinajstić information content (AvgIpc) is 3.08. The Hall–Kier alpha value is -1.68. The van der Waals surface area contributed by atoms with Crippen LogP contribution in [0, 0.1) is 5.92 Å². The Bertz CT molecular complexity index is 537. The maximum Gasteiger partial charge on any atom is 0.315 e.